The topological polar surface area (TPSA) is 48.0 Å². The van der Waals surface area contributed by atoms with Gasteiger partial charge in [0, 0.05) is 17.3 Å². The van der Waals surface area contributed by atoms with Crippen molar-refractivity contribution in [2.75, 3.05) is 0 Å². The number of rotatable bonds is 3. The predicted octanol–water partition coefficient (Wildman–Crippen LogP) is 2.79. The molecule has 0 radical (unpaired) electrons. The first-order valence-corrected chi connectivity index (χ1v) is 6.55. The Morgan fingerprint density at radius 3 is 2.26 bits per heavy atom. The standard InChI is InChI=1S/C16H20N2O/c1-11(2)18-12(3)9-10-14(16(18)19)15(17)13-7-5-4-6-8-13/h4-11,15H,17H2,1-3H3. The normalized spacial score (nSPS) is 12.7. The van der Waals surface area contributed by atoms with Gasteiger partial charge in [-0.05, 0) is 38.5 Å². The second-order valence-electron chi connectivity index (χ2n) is 5.09. The number of hydrogen-bond donors (Lipinski definition) is 1. The average Bonchev–Trinajstić information content (AvgIpc) is 2.39. The molecule has 0 bridgehead atoms. The van der Waals surface area contributed by atoms with E-state index in [0.29, 0.717) is 5.56 Å². The molecule has 0 aliphatic carbocycles. The molecule has 0 fully saturated rings. The summed E-state index contributed by atoms with van der Waals surface area (Å²) < 4.78 is 1.79. The molecule has 3 nitrogen and oxygen atoms in total. The van der Waals surface area contributed by atoms with Crippen molar-refractivity contribution in [1.29, 1.82) is 0 Å². The van der Waals surface area contributed by atoms with E-state index < -0.39 is 0 Å². The van der Waals surface area contributed by atoms with Gasteiger partial charge in [0.25, 0.3) is 5.56 Å². The molecule has 0 saturated heterocycles. The van der Waals surface area contributed by atoms with Gasteiger partial charge in [-0.2, -0.15) is 0 Å². The lowest BCUT2D eigenvalue weighted by Crippen LogP contribution is -2.31. The summed E-state index contributed by atoms with van der Waals surface area (Å²) in [5.41, 5.74) is 8.79. The Morgan fingerprint density at radius 2 is 1.68 bits per heavy atom. The van der Waals surface area contributed by atoms with E-state index in [4.69, 9.17) is 5.73 Å². The van der Waals surface area contributed by atoms with Crippen molar-refractivity contribution in [1.82, 2.24) is 4.57 Å². The minimum atomic E-state index is -0.376. The molecule has 2 N–H and O–H groups in total. The van der Waals surface area contributed by atoms with E-state index in [9.17, 15) is 4.79 Å². The Labute approximate surface area is 113 Å². The lowest BCUT2D eigenvalue weighted by molar-refractivity contribution is 0.555. The molecule has 1 heterocycles. The van der Waals surface area contributed by atoms with Gasteiger partial charge in [-0.3, -0.25) is 4.79 Å². The van der Waals surface area contributed by atoms with Gasteiger partial charge in [-0.1, -0.05) is 30.3 Å². The minimum absolute atomic E-state index is 0.00588. The quantitative estimate of drug-likeness (QED) is 0.918. The zero-order valence-electron chi connectivity index (χ0n) is 11.6. The molecule has 19 heavy (non-hydrogen) atoms. The summed E-state index contributed by atoms with van der Waals surface area (Å²) in [6.07, 6.45) is 0. The van der Waals surface area contributed by atoms with Gasteiger partial charge in [0.1, 0.15) is 0 Å². The molecule has 0 aliphatic heterocycles. The second-order valence-corrected chi connectivity index (χ2v) is 5.09. The molecule has 3 heteroatoms. The fourth-order valence-corrected chi connectivity index (χ4v) is 2.38. The van der Waals surface area contributed by atoms with Gasteiger partial charge in [0.05, 0.1) is 6.04 Å². The summed E-state index contributed by atoms with van der Waals surface area (Å²) in [6.45, 7) is 5.96. The third-order valence-corrected chi connectivity index (χ3v) is 3.36. The molecule has 0 amide bonds. The predicted molar refractivity (Wildman–Crippen MR) is 78.3 cm³/mol. The molecule has 100 valence electrons. The molecule has 1 unspecified atom stereocenters. The third kappa shape index (κ3) is 2.61. The summed E-state index contributed by atoms with van der Waals surface area (Å²) in [6, 6.07) is 13.3. The van der Waals surface area contributed by atoms with E-state index >= 15 is 0 Å². The molecular weight excluding hydrogens is 236 g/mol. The van der Waals surface area contributed by atoms with E-state index in [1.54, 1.807) is 4.57 Å². The average molecular weight is 256 g/mol. The van der Waals surface area contributed by atoms with Crippen LogP contribution < -0.4 is 11.3 Å². The summed E-state index contributed by atoms with van der Waals surface area (Å²) in [4.78, 5) is 12.5. The summed E-state index contributed by atoms with van der Waals surface area (Å²) >= 11 is 0. The number of aryl methyl sites for hydroxylation is 1. The van der Waals surface area contributed by atoms with Crippen molar-refractivity contribution in [2.45, 2.75) is 32.9 Å². The number of hydrogen-bond acceptors (Lipinski definition) is 2. The van der Waals surface area contributed by atoms with Crippen LogP contribution in [0.15, 0.2) is 47.3 Å². The third-order valence-electron chi connectivity index (χ3n) is 3.36. The summed E-state index contributed by atoms with van der Waals surface area (Å²) in [5.74, 6) is 0. The van der Waals surface area contributed by atoms with Crippen molar-refractivity contribution in [3.8, 4) is 0 Å². The van der Waals surface area contributed by atoms with Crippen molar-refractivity contribution < 1.29 is 0 Å². The van der Waals surface area contributed by atoms with E-state index in [1.807, 2.05) is 63.2 Å². The van der Waals surface area contributed by atoms with Crippen LogP contribution in [0.5, 0.6) is 0 Å². The van der Waals surface area contributed by atoms with E-state index in [2.05, 4.69) is 0 Å². The molecule has 0 spiro atoms. The Bertz CT molecular complexity index is 614. The maximum atomic E-state index is 12.5. The van der Waals surface area contributed by atoms with Gasteiger partial charge >= 0.3 is 0 Å². The highest BCUT2D eigenvalue weighted by molar-refractivity contribution is 5.30. The van der Waals surface area contributed by atoms with Crippen LogP contribution in [-0.2, 0) is 0 Å². The molecule has 0 saturated carbocycles. The van der Waals surface area contributed by atoms with Gasteiger partial charge in [-0.25, -0.2) is 0 Å². The number of nitrogens with two attached hydrogens (primary N) is 1. The number of pyridine rings is 1. The number of aromatic nitrogens is 1. The van der Waals surface area contributed by atoms with Crippen LogP contribution in [-0.4, -0.2) is 4.57 Å². The molecule has 0 aliphatic rings. The fourth-order valence-electron chi connectivity index (χ4n) is 2.38. The highest BCUT2D eigenvalue weighted by atomic mass is 16.1. The SMILES string of the molecule is Cc1ccc(C(N)c2ccccc2)c(=O)n1C(C)C. The van der Waals surface area contributed by atoms with Crippen LogP contribution in [0.4, 0.5) is 0 Å². The van der Waals surface area contributed by atoms with Crippen LogP contribution in [0.25, 0.3) is 0 Å². The Hall–Kier alpha value is -1.87. The zero-order valence-corrected chi connectivity index (χ0v) is 11.6. The van der Waals surface area contributed by atoms with Gasteiger partial charge in [0.15, 0.2) is 0 Å². The first kappa shape index (κ1) is 13.6. The summed E-state index contributed by atoms with van der Waals surface area (Å²) in [7, 11) is 0. The fraction of sp³-hybridized carbons (Fsp3) is 0.312. The number of benzene rings is 1. The van der Waals surface area contributed by atoms with Crippen LogP contribution in [0.1, 0.15) is 42.8 Å². The zero-order chi connectivity index (χ0) is 14.0. The van der Waals surface area contributed by atoms with Gasteiger partial charge in [-0.15, -0.1) is 0 Å². The Morgan fingerprint density at radius 1 is 1.05 bits per heavy atom. The summed E-state index contributed by atoms with van der Waals surface area (Å²) in [5, 5.41) is 0. The van der Waals surface area contributed by atoms with Crippen molar-refractivity contribution in [2.24, 2.45) is 5.73 Å². The highest BCUT2D eigenvalue weighted by Gasteiger charge is 2.16. The molecule has 1 aromatic heterocycles. The highest BCUT2D eigenvalue weighted by Crippen LogP contribution is 2.17. The first-order chi connectivity index (χ1) is 9.02. The lowest BCUT2D eigenvalue weighted by atomic mass is 10.0. The maximum Gasteiger partial charge on any atom is 0.256 e. The first-order valence-electron chi connectivity index (χ1n) is 6.55. The van der Waals surface area contributed by atoms with Crippen LogP contribution in [0.2, 0.25) is 0 Å². The second kappa shape index (κ2) is 5.41. The maximum absolute atomic E-state index is 12.5. The number of nitrogens with zero attached hydrogens (tertiary/aromatic N) is 1. The molecule has 1 aromatic carbocycles. The van der Waals surface area contributed by atoms with E-state index in [1.165, 1.54) is 0 Å². The smallest absolute Gasteiger partial charge is 0.256 e. The van der Waals surface area contributed by atoms with Crippen LogP contribution in [0.3, 0.4) is 0 Å². The molecular formula is C16H20N2O. The van der Waals surface area contributed by atoms with Crippen molar-refractivity contribution >= 4 is 0 Å². The molecule has 1 atom stereocenters. The molecule has 2 aromatic rings. The largest absolute Gasteiger partial charge is 0.320 e. The molecule has 2 rings (SSSR count). The Kier molecular flexibility index (Phi) is 3.86. The van der Waals surface area contributed by atoms with Crippen LogP contribution >= 0.6 is 0 Å². The van der Waals surface area contributed by atoms with Gasteiger partial charge in [0.2, 0.25) is 0 Å². The monoisotopic (exact) mass is 256 g/mol. The lowest BCUT2D eigenvalue weighted by Gasteiger charge is -2.18. The minimum Gasteiger partial charge on any atom is -0.320 e. The van der Waals surface area contributed by atoms with Crippen LogP contribution in [0, 0.1) is 6.92 Å². The van der Waals surface area contributed by atoms with E-state index in [0.717, 1.165) is 11.3 Å². The van der Waals surface area contributed by atoms with E-state index in [-0.39, 0.29) is 17.6 Å². The van der Waals surface area contributed by atoms with Crippen molar-refractivity contribution in [3.63, 3.8) is 0 Å². The van der Waals surface area contributed by atoms with Gasteiger partial charge < -0.3 is 10.3 Å². The Balaban J connectivity index is 2.53. The van der Waals surface area contributed by atoms with Crippen molar-refractivity contribution in [3.05, 3.63) is 69.6 Å².